The molecule has 3 nitrogen and oxygen atoms in total. The van der Waals surface area contributed by atoms with Crippen LogP contribution in [0.3, 0.4) is 0 Å². The minimum absolute atomic E-state index is 0. The van der Waals surface area contributed by atoms with Crippen LogP contribution in [0.1, 0.15) is 6.42 Å². The molecular weight excluding hydrogens is 105 g/mol. The van der Waals surface area contributed by atoms with Crippen LogP contribution in [-0.4, -0.2) is 17.3 Å². The number of carboxylic acids is 1. The third-order valence-corrected chi connectivity index (χ3v) is 0.240. The van der Waals surface area contributed by atoms with Crippen LogP contribution in [0.15, 0.2) is 0 Å². The first-order valence-corrected chi connectivity index (χ1v) is 1.38. The SMILES string of the molecule is N=[C-]CC(=O)O.[Na+]. The second-order valence-corrected chi connectivity index (χ2v) is 0.747. The van der Waals surface area contributed by atoms with Crippen molar-refractivity contribution >= 4 is 12.2 Å². The van der Waals surface area contributed by atoms with Crippen LogP contribution in [0, 0.1) is 5.41 Å². The van der Waals surface area contributed by atoms with Crippen LogP contribution >= 0.6 is 0 Å². The van der Waals surface area contributed by atoms with E-state index in [4.69, 9.17) is 10.5 Å². The van der Waals surface area contributed by atoms with Crippen molar-refractivity contribution in [1.29, 1.82) is 5.41 Å². The van der Waals surface area contributed by atoms with Crippen molar-refractivity contribution in [2.45, 2.75) is 6.42 Å². The van der Waals surface area contributed by atoms with Crippen molar-refractivity contribution < 1.29 is 39.5 Å². The molecule has 0 aromatic rings. The third kappa shape index (κ3) is 10.7. The minimum atomic E-state index is -1.01. The summed E-state index contributed by atoms with van der Waals surface area (Å²) in [5.41, 5.74) is 0. The molecule has 0 fully saturated rings. The Morgan fingerprint density at radius 2 is 2.29 bits per heavy atom. The van der Waals surface area contributed by atoms with Crippen LogP contribution < -0.4 is 29.6 Å². The summed E-state index contributed by atoms with van der Waals surface area (Å²) < 4.78 is 0. The van der Waals surface area contributed by atoms with Gasteiger partial charge < -0.3 is 16.7 Å². The Morgan fingerprint density at radius 3 is 2.29 bits per heavy atom. The number of carbonyl (C=O) groups is 1. The van der Waals surface area contributed by atoms with Gasteiger partial charge >= 0.3 is 29.6 Å². The first-order valence-electron chi connectivity index (χ1n) is 1.38. The van der Waals surface area contributed by atoms with Gasteiger partial charge in [0.15, 0.2) is 0 Å². The number of nitrogens with one attached hydrogen (secondary N) is 1. The molecule has 0 aliphatic carbocycles. The van der Waals surface area contributed by atoms with Gasteiger partial charge in [0.1, 0.15) is 0 Å². The molecule has 0 saturated carbocycles. The summed E-state index contributed by atoms with van der Waals surface area (Å²) in [6.45, 7) is 0. The Kier molecular flexibility index (Phi) is 8.94. The Morgan fingerprint density at radius 1 is 1.86 bits per heavy atom. The Hall–Kier alpha value is 0.140. The molecule has 0 heterocycles. The molecule has 0 amide bonds. The van der Waals surface area contributed by atoms with Crippen molar-refractivity contribution in [2.24, 2.45) is 0 Å². The summed E-state index contributed by atoms with van der Waals surface area (Å²) in [6, 6.07) is 0. The van der Waals surface area contributed by atoms with Gasteiger partial charge in [-0.25, -0.2) is 0 Å². The van der Waals surface area contributed by atoms with E-state index in [0.29, 0.717) is 0 Å². The maximum atomic E-state index is 9.42. The molecule has 0 atom stereocenters. The van der Waals surface area contributed by atoms with Crippen LogP contribution in [0.4, 0.5) is 0 Å². The van der Waals surface area contributed by atoms with E-state index < -0.39 is 5.97 Å². The van der Waals surface area contributed by atoms with Crippen LogP contribution in [0.25, 0.3) is 0 Å². The quantitative estimate of drug-likeness (QED) is 0.225. The predicted octanol–water partition coefficient (Wildman–Crippen LogP) is -3.01. The molecule has 0 aliphatic rings. The van der Waals surface area contributed by atoms with Gasteiger partial charge in [0.05, 0.1) is 0 Å². The summed E-state index contributed by atoms with van der Waals surface area (Å²) in [4.78, 5) is 9.42. The van der Waals surface area contributed by atoms with Gasteiger partial charge in [-0.2, -0.15) is 0 Å². The molecular formula is C3H4NNaO2. The van der Waals surface area contributed by atoms with E-state index >= 15 is 0 Å². The number of rotatable bonds is 2. The molecule has 2 N–H and O–H groups in total. The molecule has 0 saturated heterocycles. The molecule has 0 radical (unpaired) electrons. The number of hydrogen-bond donors (Lipinski definition) is 2. The second-order valence-electron chi connectivity index (χ2n) is 0.747. The van der Waals surface area contributed by atoms with Crippen molar-refractivity contribution in [1.82, 2.24) is 0 Å². The zero-order chi connectivity index (χ0) is 4.99. The van der Waals surface area contributed by atoms with Crippen molar-refractivity contribution in [3.63, 3.8) is 0 Å². The maximum absolute atomic E-state index is 9.42. The summed E-state index contributed by atoms with van der Waals surface area (Å²) >= 11 is 0. The van der Waals surface area contributed by atoms with Gasteiger partial charge in [0, 0.05) is 0 Å². The van der Waals surface area contributed by atoms with Crippen molar-refractivity contribution in [3.05, 3.63) is 0 Å². The van der Waals surface area contributed by atoms with E-state index in [1.807, 2.05) is 0 Å². The molecule has 0 aromatic heterocycles. The minimum Gasteiger partial charge on any atom is -0.518 e. The summed E-state index contributed by atoms with van der Waals surface area (Å²) in [5.74, 6) is -1.01. The zero-order valence-electron chi connectivity index (χ0n) is 4.06. The van der Waals surface area contributed by atoms with Crippen LogP contribution in [0.5, 0.6) is 0 Å². The van der Waals surface area contributed by atoms with E-state index in [0.717, 1.165) is 0 Å². The molecule has 4 heteroatoms. The van der Waals surface area contributed by atoms with E-state index in [2.05, 4.69) is 0 Å². The van der Waals surface area contributed by atoms with Gasteiger partial charge in [-0.15, -0.1) is 0 Å². The monoisotopic (exact) mass is 109 g/mol. The standard InChI is InChI=1S/C3H4NO2.Na/c4-2-1-3(5)6;/h4H,1H2,(H,5,6);/q-1;+1. The largest absolute Gasteiger partial charge is 1.00 e. The second kappa shape index (κ2) is 6.14. The fraction of sp³-hybridized carbons (Fsp3) is 0.333. The topological polar surface area (TPSA) is 61.2 Å². The van der Waals surface area contributed by atoms with Crippen LogP contribution in [-0.2, 0) is 4.79 Å². The Bertz CT molecular complexity index is 73.3. The molecule has 34 valence electrons. The first-order chi connectivity index (χ1) is 2.77. The number of hydrogen-bond acceptors (Lipinski definition) is 2. The molecule has 0 rings (SSSR count). The molecule has 7 heavy (non-hydrogen) atoms. The van der Waals surface area contributed by atoms with Gasteiger partial charge in [0.25, 0.3) is 5.97 Å². The average Bonchev–Trinajstić information content (AvgIpc) is 1.35. The fourth-order valence-electron chi connectivity index (χ4n) is 0.0756. The Balaban J connectivity index is 0. The van der Waals surface area contributed by atoms with Gasteiger partial charge in [0.2, 0.25) is 0 Å². The van der Waals surface area contributed by atoms with E-state index in [9.17, 15) is 4.79 Å². The van der Waals surface area contributed by atoms with Crippen LogP contribution in [0.2, 0.25) is 0 Å². The number of carboxylic acid groups (broad SMARTS) is 1. The van der Waals surface area contributed by atoms with E-state index in [-0.39, 0.29) is 36.0 Å². The average molecular weight is 109 g/mol. The number of aliphatic carboxylic acids is 1. The first kappa shape index (κ1) is 10.2. The fourth-order valence-corrected chi connectivity index (χ4v) is 0.0756. The molecule has 0 aliphatic heterocycles. The summed E-state index contributed by atoms with van der Waals surface area (Å²) in [6.07, 6.45) is 1.43. The van der Waals surface area contributed by atoms with Crippen molar-refractivity contribution in [3.8, 4) is 0 Å². The molecule has 0 spiro atoms. The molecule has 0 bridgehead atoms. The Labute approximate surface area is 63.5 Å². The maximum Gasteiger partial charge on any atom is 1.00 e. The molecule has 0 aromatic carbocycles. The van der Waals surface area contributed by atoms with Crippen molar-refractivity contribution in [2.75, 3.05) is 0 Å². The smallest absolute Gasteiger partial charge is 0.518 e. The van der Waals surface area contributed by atoms with E-state index in [1.165, 1.54) is 0 Å². The van der Waals surface area contributed by atoms with Gasteiger partial charge in [-0.05, 0) is 0 Å². The van der Waals surface area contributed by atoms with Gasteiger partial charge in [-0.1, -0.05) is 6.42 Å². The third-order valence-electron chi connectivity index (χ3n) is 0.240. The predicted molar refractivity (Wildman–Crippen MR) is 20.0 cm³/mol. The van der Waals surface area contributed by atoms with Gasteiger partial charge in [-0.3, -0.25) is 4.79 Å². The zero-order valence-corrected chi connectivity index (χ0v) is 6.06. The van der Waals surface area contributed by atoms with E-state index in [1.54, 1.807) is 6.21 Å². The summed E-state index contributed by atoms with van der Waals surface area (Å²) in [5, 5.41) is 13.8. The molecule has 0 unspecified atom stereocenters. The normalized spacial score (nSPS) is 6.29. The summed E-state index contributed by atoms with van der Waals surface area (Å²) in [7, 11) is 0.